The van der Waals surface area contributed by atoms with E-state index in [1.54, 1.807) is 31.3 Å². The minimum Gasteiger partial charge on any atom is -0.508 e. The number of nitrogens with zero attached hydrogens (tertiary/aromatic N) is 2. The summed E-state index contributed by atoms with van der Waals surface area (Å²) in [6, 6.07) is 12.8. The number of carbonyl (C=O) groups excluding carboxylic acids is 1. The van der Waals surface area contributed by atoms with Crippen molar-refractivity contribution in [1.29, 1.82) is 0 Å². The second kappa shape index (κ2) is 5.96. The maximum atomic E-state index is 12.4. The first-order chi connectivity index (χ1) is 10.0. The quantitative estimate of drug-likeness (QED) is 0.346. The van der Waals surface area contributed by atoms with Crippen molar-refractivity contribution in [1.82, 2.24) is 0 Å². The molecule has 0 aliphatic rings. The van der Waals surface area contributed by atoms with E-state index >= 15 is 0 Å². The molecule has 0 aliphatic carbocycles. The Labute approximate surface area is 121 Å². The molecule has 6 nitrogen and oxygen atoms in total. The van der Waals surface area contributed by atoms with Crippen LogP contribution in [0.4, 0.5) is 5.69 Å². The molecule has 1 amide bonds. The fourth-order valence-electron chi connectivity index (χ4n) is 1.94. The molecule has 2 rings (SSSR count). The SMILES string of the molecule is CN(C(=O)c1ccc(O)cc1)c1ccccc1/C(N)=N/O. The molecule has 0 saturated heterocycles. The van der Waals surface area contributed by atoms with Crippen LogP contribution in [0.1, 0.15) is 15.9 Å². The fourth-order valence-corrected chi connectivity index (χ4v) is 1.94. The van der Waals surface area contributed by atoms with Crippen LogP contribution in [0, 0.1) is 0 Å². The topological polar surface area (TPSA) is 99.2 Å². The third-order valence-electron chi connectivity index (χ3n) is 3.07. The number of phenolic OH excluding ortho intramolecular Hbond substituents is 1. The number of hydrogen-bond acceptors (Lipinski definition) is 4. The highest BCUT2D eigenvalue weighted by molar-refractivity contribution is 6.10. The molecule has 0 saturated carbocycles. The molecule has 0 bridgehead atoms. The van der Waals surface area contributed by atoms with Gasteiger partial charge in [-0.3, -0.25) is 4.79 Å². The molecule has 2 aromatic carbocycles. The van der Waals surface area contributed by atoms with Gasteiger partial charge in [0.05, 0.1) is 5.69 Å². The van der Waals surface area contributed by atoms with Crippen molar-refractivity contribution in [3.05, 3.63) is 59.7 Å². The van der Waals surface area contributed by atoms with Gasteiger partial charge >= 0.3 is 0 Å². The van der Waals surface area contributed by atoms with Crippen molar-refractivity contribution in [2.45, 2.75) is 0 Å². The third kappa shape index (κ3) is 2.94. The number of benzene rings is 2. The number of amidine groups is 1. The number of rotatable bonds is 3. The predicted octanol–water partition coefficient (Wildman–Crippen LogP) is 1.76. The Morgan fingerprint density at radius 1 is 1.14 bits per heavy atom. The highest BCUT2D eigenvalue weighted by Crippen LogP contribution is 2.21. The van der Waals surface area contributed by atoms with Crippen LogP contribution in [0.15, 0.2) is 53.7 Å². The summed E-state index contributed by atoms with van der Waals surface area (Å²) in [6.45, 7) is 0. The molecule has 0 spiro atoms. The summed E-state index contributed by atoms with van der Waals surface area (Å²) in [5, 5.41) is 21.0. The van der Waals surface area contributed by atoms with Crippen LogP contribution < -0.4 is 10.6 Å². The van der Waals surface area contributed by atoms with Crippen molar-refractivity contribution in [3.63, 3.8) is 0 Å². The second-order valence-corrected chi connectivity index (χ2v) is 4.41. The van der Waals surface area contributed by atoms with Crippen molar-refractivity contribution in [2.75, 3.05) is 11.9 Å². The molecular weight excluding hydrogens is 270 g/mol. The zero-order chi connectivity index (χ0) is 15.4. The minimum atomic E-state index is -0.270. The van der Waals surface area contributed by atoms with E-state index < -0.39 is 0 Å². The lowest BCUT2D eigenvalue weighted by Crippen LogP contribution is -2.29. The standard InChI is InChI=1S/C15H15N3O3/c1-18(15(20)10-6-8-11(19)9-7-10)13-5-3-2-4-12(13)14(16)17-21/h2-9,19,21H,1H3,(H2,16,17). The smallest absolute Gasteiger partial charge is 0.258 e. The number of hydrogen-bond donors (Lipinski definition) is 3. The lowest BCUT2D eigenvalue weighted by atomic mass is 10.1. The summed E-state index contributed by atoms with van der Waals surface area (Å²) in [5.74, 6) is -0.254. The van der Waals surface area contributed by atoms with Gasteiger partial charge in [0.25, 0.3) is 5.91 Å². The summed E-state index contributed by atoms with van der Waals surface area (Å²) >= 11 is 0. The maximum Gasteiger partial charge on any atom is 0.258 e. The van der Waals surface area contributed by atoms with Crippen LogP contribution in [0.5, 0.6) is 5.75 Å². The molecule has 0 unspecified atom stereocenters. The van der Waals surface area contributed by atoms with Gasteiger partial charge in [-0.1, -0.05) is 17.3 Å². The summed E-state index contributed by atoms with van der Waals surface area (Å²) in [5.41, 5.74) is 7.01. The Balaban J connectivity index is 2.38. The van der Waals surface area contributed by atoms with Crippen LogP contribution in [-0.4, -0.2) is 29.1 Å². The number of anilines is 1. The first-order valence-electron chi connectivity index (χ1n) is 6.18. The number of nitrogens with two attached hydrogens (primary N) is 1. The van der Waals surface area contributed by atoms with Crippen LogP contribution in [-0.2, 0) is 0 Å². The number of aromatic hydroxyl groups is 1. The van der Waals surface area contributed by atoms with E-state index in [4.69, 9.17) is 10.9 Å². The van der Waals surface area contributed by atoms with Gasteiger partial charge in [-0.25, -0.2) is 0 Å². The van der Waals surface area contributed by atoms with Gasteiger partial charge < -0.3 is 20.9 Å². The van der Waals surface area contributed by atoms with Crippen molar-refractivity contribution >= 4 is 17.4 Å². The molecule has 0 fully saturated rings. The number of phenols is 1. The van der Waals surface area contributed by atoms with E-state index in [-0.39, 0.29) is 17.5 Å². The Hall–Kier alpha value is -3.02. The van der Waals surface area contributed by atoms with E-state index in [9.17, 15) is 9.90 Å². The van der Waals surface area contributed by atoms with Gasteiger partial charge in [0, 0.05) is 18.2 Å². The van der Waals surface area contributed by atoms with Gasteiger partial charge in [-0.15, -0.1) is 0 Å². The normalized spacial score (nSPS) is 11.2. The summed E-state index contributed by atoms with van der Waals surface area (Å²) in [7, 11) is 1.60. The highest BCUT2D eigenvalue weighted by atomic mass is 16.4. The molecule has 0 atom stereocenters. The van der Waals surface area contributed by atoms with Gasteiger partial charge in [-0.2, -0.15) is 0 Å². The van der Waals surface area contributed by atoms with Crippen LogP contribution in [0.25, 0.3) is 0 Å². The largest absolute Gasteiger partial charge is 0.508 e. The lowest BCUT2D eigenvalue weighted by molar-refractivity contribution is 0.0993. The van der Waals surface area contributed by atoms with Gasteiger partial charge in [0.15, 0.2) is 5.84 Å². The van der Waals surface area contributed by atoms with Crippen molar-refractivity contribution in [2.24, 2.45) is 10.9 Å². The third-order valence-corrected chi connectivity index (χ3v) is 3.07. The van der Waals surface area contributed by atoms with E-state index in [2.05, 4.69) is 5.16 Å². The van der Waals surface area contributed by atoms with Gasteiger partial charge in [0.1, 0.15) is 5.75 Å². The Morgan fingerprint density at radius 2 is 1.76 bits per heavy atom. The van der Waals surface area contributed by atoms with Crippen LogP contribution >= 0.6 is 0 Å². The zero-order valence-corrected chi connectivity index (χ0v) is 11.4. The van der Waals surface area contributed by atoms with Crippen molar-refractivity contribution < 1.29 is 15.1 Å². The summed E-state index contributed by atoms with van der Waals surface area (Å²) < 4.78 is 0. The molecule has 0 heterocycles. The van der Waals surface area contributed by atoms with Crippen LogP contribution in [0.2, 0.25) is 0 Å². The maximum absolute atomic E-state index is 12.4. The van der Waals surface area contributed by atoms with E-state index in [1.807, 2.05) is 0 Å². The monoisotopic (exact) mass is 285 g/mol. The summed E-state index contributed by atoms with van der Waals surface area (Å²) in [6.07, 6.45) is 0. The van der Waals surface area contributed by atoms with Gasteiger partial charge in [-0.05, 0) is 36.4 Å². The summed E-state index contributed by atoms with van der Waals surface area (Å²) in [4.78, 5) is 13.8. The first kappa shape index (κ1) is 14.4. The number of carbonyl (C=O) groups is 1. The molecule has 21 heavy (non-hydrogen) atoms. The number of para-hydroxylation sites is 1. The second-order valence-electron chi connectivity index (χ2n) is 4.41. The Kier molecular flexibility index (Phi) is 4.08. The van der Waals surface area contributed by atoms with Crippen LogP contribution in [0.3, 0.4) is 0 Å². The number of oxime groups is 1. The molecule has 0 radical (unpaired) electrons. The molecule has 6 heteroatoms. The molecule has 108 valence electrons. The lowest BCUT2D eigenvalue weighted by Gasteiger charge is -2.20. The predicted molar refractivity (Wildman–Crippen MR) is 79.8 cm³/mol. The molecule has 2 aromatic rings. The van der Waals surface area contributed by atoms with E-state index in [1.165, 1.54) is 29.2 Å². The average molecular weight is 285 g/mol. The Bertz CT molecular complexity index is 681. The van der Waals surface area contributed by atoms with Crippen molar-refractivity contribution in [3.8, 4) is 5.75 Å². The number of amides is 1. The van der Waals surface area contributed by atoms with E-state index in [0.29, 0.717) is 16.8 Å². The first-order valence-corrected chi connectivity index (χ1v) is 6.18. The molecule has 0 aromatic heterocycles. The van der Waals surface area contributed by atoms with E-state index in [0.717, 1.165) is 0 Å². The average Bonchev–Trinajstić information content (AvgIpc) is 2.53. The fraction of sp³-hybridized carbons (Fsp3) is 0.0667. The molecule has 4 N–H and O–H groups in total. The molecule has 0 aliphatic heterocycles. The molecular formula is C15H15N3O3. The Morgan fingerprint density at radius 3 is 2.38 bits per heavy atom. The highest BCUT2D eigenvalue weighted by Gasteiger charge is 2.17. The van der Waals surface area contributed by atoms with Gasteiger partial charge in [0.2, 0.25) is 0 Å². The zero-order valence-electron chi connectivity index (χ0n) is 11.4. The minimum absolute atomic E-state index is 0.0732.